The number of aromatic nitrogens is 3. The van der Waals surface area contributed by atoms with Crippen LogP contribution >= 0.6 is 23.2 Å². The van der Waals surface area contributed by atoms with Crippen LogP contribution in [0.1, 0.15) is 17.4 Å². The maximum atomic E-state index is 12.8. The van der Waals surface area contributed by atoms with Crippen molar-refractivity contribution in [1.82, 2.24) is 14.8 Å². The van der Waals surface area contributed by atoms with Crippen molar-refractivity contribution >= 4 is 35.0 Å². The summed E-state index contributed by atoms with van der Waals surface area (Å²) in [6.45, 7) is 0. The van der Waals surface area contributed by atoms with Gasteiger partial charge >= 0.3 is 6.18 Å². The molecule has 11 heteroatoms. The Morgan fingerprint density at radius 2 is 1.92 bits per heavy atom. The number of halogens is 5. The molecule has 2 aromatic rings. The highest BCUT2D eigenvalue weighted by atomic mass is 35.5. The van der Waals surface area contributed by atoms with Crippen LogP contribution in [0.15, 0.2) is 23.8 Å². The van der Waals surface area contributed by atoms with Crippen LogP contribution in [0, 0.1) is 11.3 Å². The smallest absolute Gasteiger partial charge is 0.383 e. The van der Waals surface area contributed by atoms with Crippen molar-refractivity contribution in [3.05, 3.63) is 45.2 Å². The van der Waals surface area contributed by atoms with E-state index in [1.165, 1.54) is 12.1 Å². The lowest BCUT2D eigenvalue weighted by atomic mass is 9.98. The zero-order chi connectivity index (χ0) is 17.6. The number of hydrogen-bond donors (Lipinski definition) is 2. The van der Waals surface area contributed by atoms with Crippen LogP contribution in [0.5, 0.6) is 0 Å². The number of rotatable bonds is 1. The topological polar surface area (TPSA) is 92.5 Å². The fourth-order valence-corrected chi connectivity index (χ4v) is 2.90. The van der Waals surface area contributed by atoms with Crippen LogP contribution in [0.2, 0.25) is 10.0 Å². The first kappa shape index (κ1) is 16.4. The van der Waals surface area contributed by atoms with E-state index < -0.39 is 18.0 Å². The molecule has 0 saturated heterocycles. The Labute approximate surface area is 143 Å². The normalized spacial score (nSPS) is 17.2. The number of benzene rings is 1. The SMILES string of the molecule is N#CC1=C(N)n2nc(C(F)(F)F)nc2NC1c1c(Cl)cccc1Cl. The Balaban J connectivity index is 2.18. The lowest BCUT2D eigenvalue weighted by Gasteiger charge is -2.26. The van der Waals surface area contributed by atoms with Crippen LogP contribution in [-0.4, -0.2) is 14.8 Å². The molecular weight excluding hydrogens is 368 g/mol. The monoisotopic (exact) mass is 374 g/mol. The van der Waals surface area contributed by atoms with Crippen LogP contribution in [-0.2, 0) is 6.18 Å². The number of anilines is 1. The molecule has 0 spiro atoms. The van der Waals surface area contributed by atoms with Gasteiger partial charge in [0.25, 0.3) is 5.82 Å². The van der Waals surface area contributed by atoms with Gasteiger partial charge in [0.1, 0.15) is 11.9 Å². The molecule has 1 atom stereocenters. The molecule has 0 fully saturated rings. The summed E-state index contributed by atoms with van der Waals surface area (Å²) in [6, 6.07) is 5.57. The molecule has 3 rings (SSSR count). The first-order chi connectivity index (χ1) is 11.2. The van der Waals surface area contributed by atoms with Crippen LogP contribution in [0.4, 0.5) is 19.1 Å². The molecule has 1 aliphatic heterocycles. The van der Waals surface area contributed by atoms with Gasteiger partial charge in [0, 0.05) is 15.6 Å². The predicted molar refractivity (Wildman–Crippen MR) is 80.9 cm³/mol. The van der Waals surface area contributed by atoms with Gasteiger partial charge in [-0.05, 0) is 12.1 Å². The highest BCUT2D eigenvalue weighted by Gasteiger charge is 2.40. The largest absolute Gasteiger partial charge is 0.453 e. The summed E-state index contributed by atoms with van der Waals surface area (Å²) in [6.07, 6.45) is -4.75. The number of nitrogens with one attached hydrogen (secondary N) is 1. The van der Waals surface area contributed by atoms with Crippen LogP contribution in [0.3, 0.4) is 0 Å². The molecule has 3 N–H and O–H groups in total. The molecule has 1 aliphatic rings. The molecular formula is C13H7Cl2F3N6. The molecule has 124 valence electrons. The van der Waals surface area contributed by atoms with Crippen molar-refractivity contribution in [3.8, 4) is 6.07 Å². The molecule has 0 radical (unpaired) electrons. The fraction of sp³-hybridized carbons (Fsp3) is 0.154. The number of nitrogens with two attached hydrogens (primary N) is 1. The van der Waals surface area contributed by atoms with Gasteiger partial charge in [0.05, 0.1) is 11.6 Å². The first-order valence-corrected chi connectivity index (χ1v) is 7.14. The third-order valence-corrected chi connectivity index (χ3v) is 3.99. The number of nitriles is 1. The van der Waals surface area contributed by atoms with Crippen LogP contribution in [0.25, 0.3) is 5.82 Å². The molecule has 1 aromatic carbocycles. The van der Waals surface area contributed by atoms with Gasteiger partial charge < -0.3 is 11.1 Å². The Bertz CT molecular complexity index is 876. The van der Waals surface area contributed by atoms with Gasteiger partial charge in [-0.2, -0.15) is 28.1 Å². The summed E-state index contributed by atoms with van der Waals surface area (Å²) in [5.41, 5.74) is 6.05. The van der Waals surface area contributed by atoms with E-state index in [1.807, 2.05) is 6.07 Å². The number of nitrogens with zero attached hydrogens (tertiary/aromatic N) is 4. The minimum Gasteiger partial charge on any atom is -0.383 e. The Hall–Kier alpha value is -2.44. The van der Waals surface area contributed by atoms with Crippen molar-refractivity contribution in [2.45, 2.75) is 12.2 Å². The minimum atomic E-state index is -4.75. The first-order valence-electron chi connectivity index (χ1n) is 6.39. The van der Waals surface area contributed by atoms with Crippen molar-refractivity contribution in [1.29, 1.82) is 5.26 Å². The summed E-state index contributed by atoms with van der Waals surface area (Å²) in [7, 11) is 0. The van der Waals surface area contributed by atoms with Crippen molar-refractivity contribution in [2.24, 2.45) is 5.73 Å². The maximum Gasteiger partial charge on any atom is 0.453 e. The lowest BCUT2D eigenvalue weighted by Crippen LogP contribution is -2.27. The zero-order valence-electron chi connectivity index (χ0n) is 11.6. The Morgan fingerprint density at radius 3 is 2.46 bits per heavy atom. The van der Waals surface area contributed by atoms with E-state index in [2.05, 4.69) is 15.4 Å². The van der Waals surface area contributed by atoms with E-state index in [1.54, 1.807) is 6.07 Å². The summed E-state index contributed by atoms with van der Waals surface area (Å²) in [4.78, 5) is 3.38. The number of alkyl halides is 3. The van der Waals surface area contributed by atoms with E-state index in [-0.39, 0.29) is 27.4 Å². The average Bonchev–Trinajstić information content (AvgIpc) is 2.92. The van der Waals surface area contributed by atoms with Gasteiger partial charge in [-0.25, -0.2) is 0 Å². The zero-order valence-corrected chi connectivity index (χ0v) is 13.1. The minimum absolute atomic E-state index is 0.0730. The second-order valence-corrected chi connectivity index (χ2v) is 5.61. The van der Waals surface area contributed by atoms with Gasteiger partial charge in [-0.15, -0.1) is 5.10 Å². The second kappa shape index (κ2) is 5.58. The summed E-state index contributed by atoms with van der Waals surface area (Å²) < 4.78 is 39.1. The number of hydrogen-bond acceptors (Lipinski definition) is 5. The third kappa shape index (κ3) is 2.53. The third-order valence-electron chi connectivity index (χ3n) is 3.34. The average molecular weight is 375 g/mol. The molecule has 1 aromatic heterocycles. The molecule has 24 heavy (non-hydrogen) atoms. The van der Waals surface area contributed by atoms with E-state index in [9.17, 15) is 18.4 Å². The summed E-state index contributed by atoms with van der Waals surface area (Å²) >= 11 is 12.2. The quantitative estimate of drug-likeness (QED) is 0.797. The molecule has 6 nitrogen and oxygen atoms in total. The maximum absolute atomic E-state index is 12.8. The lowest BCUT2D eigenvalue weighted by molar-refractivity contribution is -0.144. The molecule has 0 saturated carbocycles. The number of fused-ring (bicyclic) bond motifs is 1. The Morgan fingerprint density at radius 1 is 1.29 bits per heavy atom. The van der Waals surface area contributed by atoms with E-state index in [0.29, 0.717) is 5.56 Å². The highest BCUT2D eigenvalue weighted by Crippen LogP contribution is 2.40. The van der Waals surface area contributed by atoms with Gasteiger partial charge in [-0.1, -0.05) is 29.3 Å². The molecule has 2 heterocycles. The van der Waals surface area contributed by atoms with E-state index in [0.717, 1.165) is 4.68 Å². The standard InChI is InChI=1S/C13H7Cl2F3N6/c14-6-2-1-3-7(15)8(6)9-5(4-19)10(20)24-12(21-9)22-11(23-24)13(16,17)18/h1-3,9H,20H2,(H,21,22,23). The van der Waals surface area contributed by atoms with Gasteiger partial charge in [0.15, 0.2) is 0 Å². The van der Waals surface area contributed by atoms with Gasteiger partial charge in [0.2, 0.25) is 5.95 Å². The molecule has 0 amide bonds. The van der Waals surface area contributed by atoms with Crippen molar-refractivity contribution < 1.29 is 13.2 Å². The molecule has 0 aliphatic carbocycles. The highest BCUT2D eigenvalue weighted by molar-refractivity contribution is 6.36. The Kier molecular flexibility index (Phi) is 3.81. The molecule has 1 unspecified atom stereocenters. The van der Waals surface area contributed by atoms with E-state index in [4.69, 9.17) is 28.9 Å². The van der Waals surface area contributed by atoms with Gasteiger partial charge in [-0.3, -0.25) is 0 Å². The van der Waals surface area contributed by atoms with E-state index >= 15 is 0 Å². The summed E-state index contributed by atoms with van der Waals surface area (Å²) in [5, 5.41) is 15.8. The molecule has 0 bridgehead atoms. The summed E-state index contributed by atoms with van der Waals surface area (Å²) in [5.74, 6) is -1.92. The van der Waals surface area contributed by atoms with Crippen molar-refractivity contribution in [2.75, 3.05) is 5.32 Å². The fourth-order valence-electron chi connectivity index (χ4n) is 2.28. The van der Waals surface area contributed by atoms with Crippen molar-refractivity contribution in [3.63, 3.8) is 0 Å². The predicted octanol–water partition coefficient (Wildman–Crippen LogP) is 3.42. The van der Waals surface area contributed by atoms with Crippen LogP contribution < -0.4 is 11.1 Å². The second-order valence-electron chi connectivity index (χ2n) is 4.79.